The fourth-order valence-corrected chi connectivity index (χ4v) is 4.54. The quantitative estimate of drug-likeness (QED) is 0.516. The lowest BCUT2D eigenvalue weighted by molar-refractivity contribution is -0.137. The van der Waals surface area contributed by atoms with Gasteiger partial charge in [-0.3, -0.25) is 0 Å². The van der Waals surface area contributed by atoms with Crippen LogP contribution in [0.4, 0.5) is 13.2 Å². The standard InChI is InChI=1S/C16H7F3N4S2/c17-16(18,19)9-1-2-11-8(5-9)6-14(24-11)12-3-4-13(25-12)15-10(7-20)21-23-22-15/h1-6H,(H,21,22,23). The Hall–Kier alpha value is -2.70. The van der Waals surface area contributed by atoms with Gasteiger partial charge in [-0.05, 0) is 41.8 Å². The number of H-pyrrole nitrogens is 1. The fraction of sp³-hybridized carbons (Fsp3) is 0.0625. The summed E-state index contributed by atoms with van der Waals surface area (Å²) in [7, 11) is 0. The lowest BCUT2D eigenvalue weighted by Crippen LogP contribution is -2.03. The number of fused-ring (bicyclic) bond motifs is 1. The SMILES string of the molecule is N#Cc1n[nH]nc1-c1ccc(-c2cc3cc(C(F)(F)F)ccc3s2)s1. The molecule has 0 radical (unpaired) electrons. The second-order valence-electron chi connectivity index (χ2n) is 5.16. The van der Waals surface area contributed by atoms with E-state index >= 15 is 0 Å². The van der Waals surface area contributed by atoms with Gasteiger partial charge in [-0.15, -0.1) is 27.8 Å². The molecule has 4 nitrogen and oxygen atoms in total. The number of nitrogens with zero attached hydrogens (tertiary/aromatic N) is 3. The Labute approximate surface area is 147 Å². The molecule has 0 amide bonds. The molecule has 3 aromatic heterocycles. The number of rotatable bonds is 2. The van der Waals surface area contributed by atoms with Gasteiger partial charge in [0, 0.05) is 14.5 Å². The van der Waals surface area contributed by atoms with Gasteiger partial charge in [0.25, 0.3) is 0 Å². The Morgan fingerprint density at radius 3 is 2.52 bits per heavy atom. The lowest BCUT2D eigenvalue weighted by Gasteiger charge is -2.05. The molecule has 0 saturated carbocycles. The molecule has 4 rings (SSSR count). The van der Waals surface area contributed by atoms with Crippen molar-refractivity contribution in [1.82, 2.24) is 15.4 Å². The van der Waals surface area contributed by atoms with Crippen molar-refractivity contribution in [3.63, 3.8) is 0 Å². The van der Waals surface area contributed by atoms with Crippen molar-refractivity contribution in [3.05, 3.63) is 47.7 Å². The highest BCUT2D eigenvalue weighted by molar-refractivity contribution is 7.27. The molecule has 0 aliphatic rings. The summed E-state index contributed by atoms with van der Waals surface area (Å²) in [5.41, 5.74) is 0.0243. The monoisotopic (exact) mass is 376 g/mol. The van der Waals surface area contributed by atoms with Crippen molar-refractivity contribution in [2.24, 2.45) is 0 Å². The lowest BCUT2D eigenvalue weighted by atomic mass is 10.1. The van der Waals surface area contributed by atoms with E-state index in [-0.39, 0.29) is 5.69 Å². The average molecular weight is 376 g/mol. The van der Waals surface area contributed by atoms with E-state index in [1.165, 1.54) is 28.7 Å². The number of aromatic amines is 1. The summed E-state index contributed by atoms with van der Waals surface area (Å²) in [6.07, 6.45) is -4.35. The van der Waals surface area contributed by atoms with Gasteiger partial charge in [0.05, 0.1) is 10.4 Å². The molecule has 1 aromatic carbocycles. The van der Waals surface area contributed by atoms with E-state index in [0.717, 1.165) is 31.5 Å². The summed E-state index contributed by atoms with van der Waals surface area (Å²) in [5, 5.41) is 19.7. The largest absolute Gasteiger partial charge is 0.416 e. The summed E-state index contributed by atoms with van der Waals surface area (Å²) in [5.74, 6) is 0. The smallest absolute Gasteiger partial charge is 0.196 e. The first-order valence-corrected chi connectivity index (χ1v) is 8.61. The third kappa shape index (κ3) is 2.79. The molecule has 1 N–H and O–H groups in total. The topological polar surface area (TPSA) is 65.4 Å². The molecule has 0 fully saturated rings. The maximum Gasteiger partial charge on any atom is 0.416 e. The van der Waals surface area contributed by atoms with Crippen LogP contribution in [0.1, 0.15) is 11.3 Å². The van der Waals surface area contributed by atoms with E-state index in [4.69, 9.17) is 5.26 Å². The van der Waals surface area contributed by atoms with Gasteiger partial charge >= 0.3 is 6.18 Å². The molecule has 0 unspecified atom stereocenters. The normalized spacial score (nSPS) is 11.8. The van der Waals surface area contributed by atoms with Crippen molar-refractivity contribution in [2.45, 2.75) is 6.18 Å². The summed E-state index contributed by atoms with van der Waals surface area (Å²) in [6, 6.07) is 11.2. The number of nitrogens with one attached hydrogen (secondary N) is 1. The Morgan fingerprint density at radius 2 is 1.76 bits per heavy atom. The van der Waals surface area contributed by atoms with Gasteiger partial charge in [-0.2, -0.15) is 28.7 Å². The zero-order valence-corrected chi connectivity index (χ0v) is 13.9. The maximum atomic E-state index is 12.8. The van der Waals surface area contributed by atoms with Crippen molar-refractivity contribution >= 4 is 32.8 Å². The van der Waals surface area contributed by atoms with Crippen molar-refractivity contribution < 1.29 is 13.2 Å². The molecule has 0 atom stereocenters. The number of aromatic nitrogens is 3. The summed E-state index contributed by atoms with van der Waals surface area (Å²) in [6.45, 7) is 0. The highest BCUT2D eigenvalue weighted by Crippen LogP contribution is 2.41. The highest BCUT2D eigenvalue weighted by atomic mass is 32.1. The van der Waals surface area contributed by atoms with Crippen LogP contribution in [-0.2, 0) is 6.18 Å². The van der Waals surface area contributed by atoms with E-state index in [2.05, 4.69) is 15.4 Å². The number of halogens is 3. The van der Waals surface area contributed by atoms with Crippen LogP contribution in [0.3, 0.4) is 0 Å². The molecule has 0 aliphatic carbocycles. The van der Waals surface area contributed by atoms with E-state index < -0.39 is 11.7 Å². The third-order valence-electron chi connectivity index (χ3n) is 3.58. The molecular weight excluding hydrogens is 369 g/mol. The van der Waals surface area contributed by atoms with Crippen LogP contribution < -0.4 is 0 Å². The predicted octanol–water partition coefficient (Wildman–Crippen LogP) is 5.31. The molecule has 3 heterocycles. The maximum absolute atomic E-state index is 12.8. The second kappa shape index (κ2) is 5.68. The predicted molar refractivity (Wildman–Crippen MR) is 90.2 cm³/mol. The molecule has 0 bridgehead atoms. The van der Waals surface area contributed by atoms with Crippen LogP contribution in [0.5, 0.6) is 0 Å². The van der Waals surface area contributed by atoms with E-state index in [9.17, 15) is 13.2 Å². The molecule has 124 valence electrons. The molecule has 25 heavy (non-hydrogen) atoms. The zero-order valence-electron chi connectivity index (χ0n) is 12.3. The van der Waals surface area contributed by atoms with Gasteiger partial charge in [0.2, 0.25) is 0 Å². The van der Waals surface area contributed by atoms with Crippen LogP contribution in [0.25, 0.3) is 30.4 Å². The minimum Gasteiger partial charge on any atom is -0.196 e. The molecular formula is C16H7F3N4S2. The zero-order chi connectivity index (χ0) is 17.6. The minimum atomic E-state index is -4.35. The van der Waals surface area contributed by atoms with Crippen LogP contribution in [0.2, 0.25) is 0 Å². The van der Waals surface area contributed by atoms with Crippen molar-refractivity contribution in [3.8, 4) is 26.4 Å². The Balaban J connectivity index is 1.74. The first-order chi connectivity index (χ1) is 12.0. The average Bonchev–Trinajstić information content (AvgIpc) is 3.30. The summed E-state index contributed by atoms with van der Waals surface area (Å²) >= 11 is 2.84. The summed E-state index contributed by atoms with van der Waals surface area (Å²) in [4.78, 5) is 2.54. The van der Waals surface area contributed by atoms with Crippen molar-refractivity contribution in [1.29, 1.82) is 5.26 Å². The molecule has 0 spiro atoms. The fourth-order valence-electron chi connectivity index (χ4n) is 2.42. The first kappa shape index (κ1) is 15.8. The van der Waals surface area contributed by atoms with Crippen LogP contribution >= 0.6 is 22.7 Å². The van der Waals surface area contributed by atoms with Crippen LogP contribution in [0, 0.1) is 11.3 Å². The van der Waals surface area contributed by atoms with Crippen LogP contribution in [-0.4, -0.2) is 15.4 Å². The number of thiophene rings is 2. The summed E-state index contributed by atoms with van der Waals surface area (Å²) < 4.78 is 39.3. The first-order valence-electron chi connectivity index (χ1n) is 6.98. The van der Waals surface area contributed by atoms with Gasteiger partial charge in [-0.1, -0.05) is 0 Å². The van der Waals surface area contributed by atoms with Gasteiger partial charge in [-0.25, -0.2) is 0 Å². The van der Waals surface area contributed by atoms with Crippen LogP contribution in [0.15, 0.2) is 36.4 Å². The Kier molecular flexibility index (Phi) is 3.59. The third-order valence-corrected chi connectivity index (χ3v) is 5.98. The number of benzene rings is 1. The Bertz CT molecular complexity index is 1110. The van der Waals surface area contributed by atoms with Gasteiger partial charge in [0.1, 0.15) is 11.8 Å². The highest BCUT2D eigenvalue weighted by Gasteiger charge is 2.30. The van der Waals surface area contributed by atoms with E-state index in [1.54, 1.807) is 6.07 Å². The molecule has 0 saturated heterocycles. The van der Waals surface area contributed by atoms with E-state index in [0.29, 0.717) is 11.1 Å². The molecule has 4 aromatic rings. The second-order valence-corrected chi connectivity index (χ2v) is 7.33. The molecule has 0 aliphatic heterocycles. The number of alkyl halides is 3. The number of hydrogen-bond donors (Lipinski definition) is 1. The number of hydrogen-bond acceptors (Lipinski definition) is 5. The minimum absolute atomic E-state index is 0.208. The van der Waals surface area contributed by atoms with Gasteiger partial charge < -0.3 is 0 Å². The van der Waals surface area contributed by atoms with E-state index in [1.807, 2.05) is 18.2 Å². The van der Waals surface area contributed by atoms with Crippen molar-refractivity contribution in [2.75, 3.05) is 0 Å². The Morgan fingerprint density at radius 1 is 0.960 bits per heavy atom. The van der Waals surface area contributed by atoms with Gasteiger partial charge in [0.15, 0.2) is 5.69 Å². The number of nitriles is 1. The molecule has 9 heteroatoms.